The summed E-state index contributed by atoms with van der Waals surface area (Å²) in [7, 11) is 0. The molecule has 3 rings (SSSR count). The highest BCUT2D eigenvalue weighted by Crippen LogP contribution is 2.28. The maximum atomic E-state index is 12.0. The Labute approximate surface area is 152 Å². The van der Waals surface area contributed by atoms with Crippen molar-refractivity contribution in [3.63, 3.8) is 0 Å². The lowest BCUT2D eigenvalue weighted by Crippen LogP contribution is -2.07. The molecule has 24 heavy (non-hydrogen) atoms. The Morgan fingerprint density at radius 3 is 2.83 bits per heavy atom. The highest BCUT2D eigenvalue weighted by molar-refractivity contribution is 14.1. The van der Waals surface area contributed by atoms with Crippen LogP contribution in [0.3, 0.4) is 0 Å². The molecule has 0 bridgehead atoms. The van der Waals surface area contributed by atoms with Gasteiger partial charge in [-0.05, 0) is 59.9 Å². The minimum Gasteiger partial charge on any atom is -0.507 e. The van der Waals surface area contributed by atoms with E-state index in [2.05, 4.69) is 27.7 Å². The van der Waals surface area contributed by atoms with Crippen molar-refractivity contribution in [3.8, 4) is 11.5 Å². The Hall–Kier alpha value is -2.35. The maximum Gasteiger partial charge on any atom is 0.368 e. The van der Waals surface area contributed by atoms with E-state index in [4.69, 9.17) is 9.57 Å². The molecule has 0 radical (unpaired) electrons. The van der Waals surface area contributed by atoms with Gasteiger partial charge >= 0.3 is 5.97 Å². The number of hydrogen-bond acceptors (Lipinski definition) is 5. The smallest absolute Gasteiger partial charge is 0.368 e. The first-order valence-corrected chi connectivity index (χ1v) is 8.39. The van der Waals surface area contributed by atoms with E-state index in [1.807, 2.05) is 31.2 Å². The van der Waals surface area contributed by atoms with Crippen LogP contribution in [0.1, 0.15) is 18.1 Å². The fraction of sp³-hybridized carbons (Fsp3) is 0.111. The lowest BCUT2D eigenvalue weighted by atomic mass is 10.0. The molecule has 0 spiro atoms. The van der Waals surface area contributed by atoms with Crippen LogP contribution in [0.4, 0.5) is 0 Å². The van der Waals surface area contributed by atoms with Gasteiger partial charge in [-0.3, -0.25) is 0 Å². The molecule has 0 aliphatic carbocycles. The highest BCUT2D eigenvalue weighted by Gasteiger charge is 2.27. The topological polar surface area (TPSA) is 68.1 Å². The number of phenolic OH excluding ortho intramolecular Hbond substituents is 1. The second-order valence-electron chi connectivity index (χ2n) is 5.04. The van der Waals surface area contributed by atoms with Crippen LogP contribution in [-0.4, -0.2) is 23.4 Å². The summed E-state index contributed by atoms with van der Waals surface area (Å²) < 4.78 is 6.36. The summed E-state index contributed by atoms with van der Waals surface area (Å²) in [5.41, 5.74) is 2.03. The van der Waals surface area contributed by atoms with E-state index in [1.54, 1.807) is 18.2 Å². The summed E-state index contributed by atoms with van der Waals surface area (Å²) in [4.78, 5) is 16.8. The van der Waals surface area contributed by atoms with Crippen LogP contribution in [0.15, 0.2) is 53.2 Å². The summed E-state index contributed by atoms with van der Waals surface area (Å²) in [5.74, 6) is 0.0462. The summed E-state index contributed by atoms with van der Waals surface area (Å²) >= 11 is 2.19. The second-order valence-corrected chi connectivity index (χ2v) is 6.29. The van der Waals surface area contributed by atoms with Crippen LogP contribution in [0.2, 0.25) is 0 Å². The molecule has 0 fully saturated rings. The third-order valence-electron chi connectivity index (χ3n) is 3.41. The fourth-order valence-electron chi connectivity index (χ4n) is 2.31. The van der Waals surface area contributed by atoms with Gasteiger partial charge in [-0.25, -0.2) is 4.79 Å². The zero-order valence-corrected chi connectivity index (χ0v) is 15.0. The molecule has 1 heterocycles. The van der Waals surface area contributed by atoms with Gasteiger partial charge in [0.25, 0.3) is 0 Å². The van der Waals surface area contributed by atoms with E-state index < -0.39 is 5.97 Å². The van der Waals surface area contributed by atoms with Crippen molar-refractivity contribution in [2.45, 2.75) is 6.92 Å². The lowest BCUT2D eigenvalue weighted by Gasteiger charge is -2.06. The summed E-state index contributed by atoms with van der Waals surface area (Å²) in [6, 6.07) is 12.5. The first-order valence-electron chi connectivity index (χ1n) is 7.31. The molecule has 0 aromatic heterocycles. The predicted octanol–water partition coefficient (Wildman–Crippen LogP) is 3.74. The van der Waals surface area contributed by atoms with Gasteiger partial charge in [0.05, 0.1) is 12.2 Å². The number of nitrogens with zero attached hydrogens (tertiary/aromatic N) is 1. The van der Waals surface area contributed by atoms with Crippen LogP contribution < -0.4 is 4.74 Å². The van der Waals surface area contributed by atoms with E-state index in [0.29, 0.717) is 29.2 Å². The zero-order valence-electron chi connectivity index (χ0n) is 12.8. The lowest BCUT2D eigenvalue weighted by molar-refractivity contribution is -0.136. The van der Waals surface area contributed by atoms with Crippen LogP contribution >= 0.6 is 22.6 Å². The van der Waals surface area contributed by atoms with E-state index in [1.165, 1.54) is 6.07 Å². The Morgan fingerprint density at radius 1 is 1.29 bits per heavy atom. The minimum absolute atomic E-state index is 0.0233. The predicted molar refractivity (Wildman–Crippen MR) is 99.0 cm³/mol. The first-order chi connectivity index (χ1) is 11.6. The molecular formula is C18H14INO4. The summed E-state index contributed by atoms with van der Waals surface area (Å²) in [6.07, 6.45) is 1.57. The number of benzene rings is 2. The second kappa shape index (κ2) is 7.04. The average Bonchev–Trinajstić information content (AvgIpc) is 2.91. The van der Waals surface area contributed by atoms with E-state index >= 15 is 0 Å². The number of rotatable bonds is 4. The quantitative estimate of drug-likeness (QED) is 0.452. The van der Waals surface area contributed by atoms with Gasteiger partial charge in [0, 0.05) is 20.8 Å². The Kier molecular flexibility index (Phi) is 4.84. The molecule has 1 N–H and O–H groups in total. The molecule has 1 aliphatic rings. The molecule has 2 aromatic carbocycles. The number of carbonyl (C=O) groups is 1. The highest BCUT2D eigenvalue weighted by atomic mass is 127. The maximum absolute atomic E-state index is 12.0. The fourth-order valence-corrected chi connectivity index (χ4v) is 2.85. The van der Waals surface area contributed by atoms with E-state index in [-0.39, 0.29) is 5.75 Å². The SMILES string of the molecule is CCOc1ccc(/C=C2\C(=O)ON=C2c2cccc(I)c2)c(O)c1. The van der Waals surface area contributed by atoms with Crippen LogP contribution in [-0.2, 0) is 9.63 Å². The molecule has 5 nitrogen and oxygen atoms in total. The van der Waals surface area contributed by atoms with Crippen molar-refractivity contribution in [1.29, 1.82) is 0 Å². The monoisotopic (exact) mass is 435 g/mol. The van der Waals surface area contributed by atoms with Gasteiger partial charge in [-0.15, -0.1) is 0 Å². The third-order valence-corrected chi connectivity index (χ3v) is 4.08. The van der Waals surface area contributed by atoms with Crippen LogP contribution in [0.5, 0.6) is 11.5 Å². The van der Waals surface area contributed by atoms with Crippen molar-refractivity contribution in [2.24, 2.45) is 5.16 Å². The van der Waals surface area contributed by atoms with Gasteiger partial charge in [0.2, 0.25) is 0 Å². The van der Waals surface area contributed by atoms with E-state index in [0.717, 1.165) is 9.13 Å². The average molecular weight is 435 g/mol. The van der Waals surface area contributed by atoms with Gasteiger partial charge in [0.15, 0.2) is 0 Å². The van der Waals surface area contributed by atoms with Crippen LogP contribution in [0, 0.1) is 3.57 Å². The Bertz CT molecular complexity index is 858. The molecule has 122 valence electrons. The van der Waals surface area contributed by atoms with Gasteiger partial charge in [-0.2, -0.15) is 0 Å². The molecule has 1 aliphatic heterocycles. The number of phenols is 1. The molecule has 0 unspecified atom stereocenters. The summed E-state index contributed by atoms with van der Waals surface area (Å²) in [6.45, 7) is 2.38. The molecule has 0 amide bonds. The van der Waals surface area contributed by atoms with Crippen LogP contribution in [0.25, 0.3) is 6.08 Å². The zero-order chi connectivity index (χ0) is 17.1. The number of carbonyl (C=O) groups excluding carboxylic acids is 1. The third kappa shape index (κ3) is 3.43. The van der Waals surface area contributed by atoms with Crippen molar-refractivity contribution in [2.75, 3.05) is 6.61 Å². The van der Waals surface area contributed by atoms with Crippen molar-refractivity contribution >= 4 is 40.3 Å². The van der Waals surface area contributed by atoms with Gasteiger partial charge < -0.3 is 14.7 Å². The normalized spacial score (nSPS) is 15.3. The number of oxime groups is 1. The Morgan fingerprint density at radius 2 is 2.12 bits per heavy atom. The van der Waals surface area contributed by atoms with Crippen molar-refractivity contribution in [1.82, 2.24) is 0 Å². The molecule has 2 aromatic rings. The van der Waals surface area contributed by atoms with E-state index in [9.17, 15) is 9.90 Å². The first kappa shape index (κ1) is 16.5. The van der Waals surface area contributed by atoms with Gasteiger partial charge in [-0.1, -0.05) is 17.3 Å². The molecule has 0 atom stereocenters. The molecular weight excluding hydrogens is 421 g/mol. The molecule has 0 saturated carbocycles. The summed E-state index contributed by atoms with van der Waals surface area (Å²) in [5, 5.41) is 14.0. The number of hydrogen-bond donors (Lipinski definition) is 1. The standard InChI is InChI=1S/C18H14INO4/c1-2-23-14-7-6-11(16(21)10-14)9-15-17(20-24-18(15)22)12-4-3-5-13(19)8-12/h3-10,21H,2H2,1H3/b15-9-. The van der Waals surface area contributed by atoms with Crippen molar-refractivity contribution in [3.05, 3.63) is 62.7 Å². The van der Waals surface area contributed by atoms with Crippen molar-refractivity contribution < 1.29 is 19.5 Å². The number of aromatic hydroxyl groups is 1. The minimum atomic E-state index is -0.544. The molecule has 6 heteroatoms. The largest absolute Gasteiger partial charge is 0.507 e. The molecule has 0 saturated heterocycles. The number of ether oxygens (including phenoxy) is 1. The van der Waals surface area contributed by atoms with Gasteiger partial charge in [0.1, 0.15) is 17.2 Å². The number of halogens is 1. The Balaban J connectivity index is 1.98.